The Morgan fingerprint density at radius 3 is 2.77 bits per heavy atom. The zero-order valence-corrected chi connectivity index (χ0v) is 15.4. The van der Waals surface area contributed by atoms with Crippen LogP contribution in [0.15, 0.2) is 22.9 Å². The third-order valence-corrected chi connectivity index (χ3v) is 4.26. The Bertz CT molecular complexity index is 769. The van der Waals surface area contributed by atoms with Gasteiger partial charge in [0.1, 0.15) is 17.1 Å². The minimum absolute atomic E-state index is 0.0448. The summed E-state index contributed by atoms with van der Waals surface area (Å²) in [6.45, 7) is 8.00. The van der Waals surface area contributed by atoms with Crippen molar-refractivity contribution >= 4 is 6.09 Å². The molecule has 0 aromatic carbocycles. The second kappa shape index (κ2) is 7.01. The van der Waals surface area contributed by atoms with Gasteiger partial charge in [0.05, 0.1) is 6.20 Å². The number of carbonyl (C=O) groups is 1. The predicted molar refractivity (Wildman–Crippen MR) is 91.9 cm³/mol. The van der Waals surface area contributed by atoms with Gasteiger partial charge in [-0.1, -0.05) is 5.16 Å². The highest BCUT2D eigenvalue weighted by atomic mass is 19.1. The summed E-state index contributed by atoms with van der Waals surface area (Å²) in [4.78, 5) is 22.5. The van der Waals surface area contributed by atoms with Crippen LogP contribution in [0.3, 0.4) is 0 Å². The molecular weight excluding hydrogens is 339 g/mol. The van der Waals surface area contributed by atoms with E-state index in [9.17, 15) is 9.18 Å². The van der Waals surface area contributed by atoms with Crippen molar-refractivity contribution in [1.29, 1.82) is 0 Å². The summed E-state index contributed by atoms with van der Waals surface area (Å²) in [6.07, 6.45) is 2.43. The number of aromatic nitrogens is 3. The van der Waals surface area contributed by atoms with Crippen LogP contribution in [-0.4, -0.2) is 44.3 Å². The zero-order chi connectivity index (χ0) is 18.9. The molecule has 3 heterocycles. The number of hydrogen-bond acceptors (Lipinski definition) is 6. The summed E-state index contributed by atoms with van der Waals surface area (Å²) in [5.41, 5.74) is -0.129. The van der Waals surface area contributed by atoms with Crippen molar-refractivity contribution in [2.45, 2.75) is 58.1 Å². The Hall–Kier alpha value is -2.51. The summed E-state index contributed by atoms with van der Waals surface area (Å²) in [5.74, 6) is 0.286. The maximum Gasteiger partial charge on any atom is 0.410 e. The lowest BCUT2D eigenvalue weighted by molar-refractivity contribution is 0.00928. The first-order chi connectivity index (χ1) is 12.2. The lowest BCUT2D eigenvalue weighted by Gasteiger charge is -2.37. The van der Waals surface area contributed by atoms with Crippen LogP contribution < -0.4 is 0 Å². The summed E-state index contributed by atoms with van der Waals surface area (Å²) >= 11 is 0. The van der Waals surface area contributed by atoms with Crippen molar-refractivity contribution in [3.05, 3.63) is 30.0 Å². The normalized spacial score (nSPS) is 20.9. The van der Waals surface area contributed by atoms with Crippen LogP contribution in [0.1, 0.15) is 52.3 Å². The van der Waals surface area contributed by atoms with Gasteiger partial charge in [-0.2, -0.15) is 4.98 Å². The number of nitrogens with zero attached hydrogens (tertiary/aromatic N) is 4. The predicted octanol–water partition coefficient (Wildman–Crippen LogP) is 3.77. The maximum atomic E-state index is 13.0. The van der Waals surface area contributed by atoms with E-state index < -0.39 is 11.4 Å². The molecule has 1 aliphatic heterocycles. The number of carbonyl (C=O) groups excluding carboxylic acids is 1. The number of pyridine rings is 1. The van der Waals surface area contributed by atoms with Crippen LogP contribution >= 0.6 is 0 Å². The van der Waals surface area contributed by atoms with Gasteiger partial charge >= 0.3 is 6.09 Å². The molecule has 2 aromatic rings. The first-order valence-electron chi connectivity index (χ1n) is 8.68. The smallest absolute Gasteiger partial charge is 0.410 e. The zero-order valence-electron chi connectivity index (χ0n) is 15.4. The van der Waals surface area contributed by atoms with E-state index in [0.717, 1.165) is 19.0 Å². The monoisotopic (exact) mass is 362 g/mol. The van der Waals surface area contributed by atoms with Gasteiger partial charge in [-0.15, -0.1) is 0 Å². The Labute approximate surface area is 151 Å². The van der Waals surface area contributed by atoms with Crippen molar-refractivity contribution < 1.29 is 18.4 Å². The third-order valence-electron chi connectivity index (χ3n) is 4.26. The van der Waals surface area contributed by atoms with E-state index in [4.69, 9.17) is 9.26 Å². The number of ether oxygens (including phenoxy) is 1. The average Bonchev–Trinajstić information content (AvgIpc) is 3.04. The van der Waals surface area contributed by atoms with Crippen molar-refractivity contribution in [2.75, 3.05) is 6.54 Å². The second-order valence-electron chi connectivity index (χ2n) is 7.58. The molecule has 0 N–H and O–H groups in total. The highest BCUT2D eigenvalue weighted by molar-refractivity contribution is 5.68. The number of piperidine rings is 1. The molecule has 1 amide bonds. The van der Waals surface area contributed by atoms with Crippen molar-refractivity contribution in [3.8, 4) is 11.6 Å². The maximum absolute atomic E-state index is 13.0. The summed E-state index contributed by atoms with van der Waals surface area (Å²) in [7, 11) is 0. The van der Waals surface area contributed by atoms with Gasteiger partial charge in [0.25, 0.3) is 5.89 Å². The number of likely N-dealkylation sites (tertiary alicyclic amines) is 1. The summed E-state index contributed by atoms with van der Waals surface area (Å²) in [6, 6.07) is 2.87. The van der Waals surface area contributed by atoms with Gasteiger partial charge in [-0.25, -0.2) is 14.2 Å². The molecule has 0 bridgehead atoms. The van der Waals surface area contributed by atoms with E-state index >= 15 is 0 Å². The minimum Gasteiger partial charge on any atom is -0.444 e. The molecule has 7 nitrogen and oxygen atoms in total. The van der Waals surface area contributed by atoms with Gasteiger partial charge in [-0.05, 0) is 52.7 Å². The third kappa shape index (κ3) is 4.17. The van der Waals surface area contributed by atoms with E-state index in [0.29, 0.717) is 18.1 Å². The van der Waals surface area contributed by atoms with Crippen molar-refractivity contribution in [1.82, 2.24) is 20.0 Å². The molecule has 1 aliphatic rings. The topological polar surface area (TPSA) is 81.4 Å². The van der Waals surface area contributed by atoms with Gasteiger partial charge in [0.15, 0.2) is 5.82 Å². The number of halogens is 1. The molecule has 0 unspecified atom stereocenters. The van der Waals surface area contributed by atoms with Crippen LogP contribution in [-0.2, 0) is 4.74 Å². The quantitative estimate of drug-likeness (QED) is 0.809. The number of rotatable bonds is 2. The fourth-order valence-corrected chi connectivity index (χ4v) is 2.90. The molecule has 2 atom stereocenters. The Morgan fingerprint density at radius 2 is 2.12 bits per heavy atom. The van der Waals surface area contributed by atoms with E-state index in [-0.39, 0.29) is 23.9 Å². The summed E-state index contributed by atoms with van der Waals surface area (Å²) in [5, 5.41) is 4.03. The highest BCUT2D eigenvalue weighted by Gasteiger charge is 2.34. The molecule has 140 valence electrons. The van der Waals surface area contributed by atoms with E-state index in [1.54, 1.807) is 4.90 Å². The SMILES string of the molecule is C[C@@H]1CC[C@H](c2noc(-c3ccc(F)cn3)n2)CN1C(=O)OC(C)(C)C. The molecule has 1 fully saturated rings. The van der Waals surface area contributed by atoms with Crippen molar-refractivity contribution in [3.63, 3.8) is 0 Å². The highest BCUT2D eigenvalue weighted by Crippen LogP contribution is 2.30. The Morgan fingerprint density at radius 1 is 1.35 bits per heavy atom. The van der Waals surface area contributed by atoms with Gasteiger partial charge in [-0.3, -0.25) is 0 Å². The first kappa shape index (κ1) is 18.3. The fraction of sp³-hybridized carbons (Fsp3) is 0.556. The Balaban J connectivity index is 1.73. The molecule has 8 heteroatoms. The van der Waals surface area contributed by atoms with E-state index in [1.807, 2.05) is 27.7 Å². The van der Waals surface area contributed by atoms with Crippen LogP contribution in [0.4, 0.5) is 9.18 Å². The Kier molecular flexibility index (Phi) is 4.93. The van der Waals surface area contributed by atoms with Crippen LogP contribution in [0, 0.1) is 5.82 Å². The molecule has 0 radical (unpaired) electrons. The summed E-state index contributed by atoms with van der Waals surface area (Å²) < 4.78 is 23.8. The van der Waals surface area contributed by atoms with Crippen molar-refractivity contribution in [2.24, 2.45) is 0 Å². The molecule has 0 saturated carbocycles. The van der Waals surface area contributed by atoms with Gasteiger partial charge in [0, 0.05) is 18.5 Å². The number of amides is 1. The lowest BCUT2D eigenvalue weighted by Crippen LogP contribution is -2.47. The second-order valence-corrected chi connectivity index (χ2v) is 7.58. The van der Waals surface area contributed by atoms with Crippen LogP contribution in [0.5, 0.6) is 0 Å². The molecular formula is C18H23FN4O3. The number of hydrogen-bond donors (Lipinski definition) is 0. The average molecular weight is 362 g/mol. The van der Waals surface area contributed by atoms with E-state index in [1.165, 1.54) is 12.1 Å². The fourth-order valence-electron chi connectivity index (χ4n) is 2.90. The first-order valence-corrected chi connectivity index (χ1v) is 8.68. The molecule has 0 spiro atoms. The molecule has 3 rings (SSSR count). The largest absolute Gasteiger partial charge is 0.444 e. The molecule has 0 aliphatic carbocycles. The molecule has 1 saturated heterocycles. The standard InChI is InChI=1S/C18H23FN4O3/c1-11-5-6-12(10-23(11)17(24)25-18(2,3)4)15-21-16(26-22-15)14-8-7-13(19)9-20-14/h7-9,11-12H,5-6,10H2,1-4H3/t11-,12+/m1/s1. The molecule has 2 aromatic heterocycles. The minimum atomic E-state index is -0.544. The van der Waals surface area contributed by atoms with Gasteiger partial charge < -0.3 is 14.2 Å². The van der Waals surface area contributed by atoms with Gasteiger partial charge in [0.2, 0.25) is 0 Å². The van der Waals surface area contributed by atoms with Crippen LogP contribution in [0.25, 0.3) is 11.6 Å². The molecule has 26 heavy (non-hydrogen) atoms. The van der Waals surface area contributed by atoms with E-state index in [2.05, 4.69) is 15.1 Å². The lowest BCUT2D eigenvalue weighted by atomic mass is 9.93. The van der Waals surface area contributed by atoms with Crippen LogP contribution in [0.2, 0.25) is 0 Å².